The molecule has 2 heterocycles. The van der Waals surface area contributed by atoms with Crippen LogP contribution in [-0.4, -0.2) is 14.9 Å². The molecule has 6 nitrogen and oxygen atoms in total. The predicted molar refractivity (Wildman–Crippen MR) is 80.0 cm³/mol. The fourth-order valence-corrected chi connectivity index (χ4v) is 2.13. The SMILES string of the molecule is O=[N+]([O-])c1ccnc(NCc2cccc3cccnc23)c1. The number of nitrogens with one attached hydrogen (secondary N) is 1. The Hall–Kier alpha value is -3.02. The molecule has 0 radical (unpaired) electrons. The van der Waals surface area contributed by atoms with Gasteiger partial charge in [-0.2, -0.15) is 0 Å². The number of nitrogens with zero attached hydrogens (tertiary/aromatic N) is 3. The van der Waals surface area contributed by atoms with Crippen LogP contribution in [0.3, 0.4) is 0 Å². The van der Waals surface area contributed by atoms with Crippen molar-refractivity contribution in [1.82, 2.24) is 9.97 Å². The van der Waals surface area contributed by atoms with Gasteiger partial charge < -0.3 is 5.32 Å². The van der Waals surface area contributed by atoms with Crippen molar-refractivity contribution in [2.45, 2.75) is 6.54 Å². The van der Waals surface area contributed by atoms with E-state index < -0.39 is 4.92 Å². The monoisotopic (exact) mass is 280 g/mol. The summed E-state index contributed by atoms with van der Waals surface area (Å²) in [6.07, 6.45) is 3.17. The predicted octanol–water partition coefficient (Wildman–Crippen LogP) is 3.15. The average Bonchev–Trinajstić information content (AvgIpc) is 2.53. The molecule has 21 heavy (non-hydrogen) atoms. The third kappa shape index (κ3) is 2.79. The summed E-state index contributed by atoms with van der Waals surface area (Å²) in [6.45, 7) is 0.503. The van der Waals surface area contributed by atoms with Gasteiger partial charge >= 0.3 is 0 Å². The quantitative estimate of drug-likeness (QED) is 0.586. The Bertz CT molecular complexity index is 799. The van der Waals surface area contributed by atoms with Crippen LogP contribution in [0.25, 0.3) is 10.9 Å². The van der Waals surface area contributed by atoms with Crippen molar-refractivity contribution in [2.75, 3.05) is 5.32 Å². The maximum Gasteiger partial charge on any atom is 0.274 e. The highest BCUT2D eigenvalue weighted by atomic mass is 16.6. The molecule has 0 aliphatic rings. The van der Waals surface area contributed by atoms with Crippen molar-refractivity contribution in [3.05, 3.63) is 70.5 Å². The molecule has 104 valence electrons. The first kappa shape index (κ1) is 13.0. The molecule has 0 atom stereocenters. The molecule has 0 saturated heterocycles. The second-order valence-corrected chi connectivity index (χ2v) is 4.50. The zero-order valence-electron chi connectivity index (χ0n) is 11.1. The van der Waals surface area contributed by atoms with Crippen LogP contribution < -0.4 is 5.32 Å². The minimum absolute atomic E-state index is 0.0172. The lowest BCUT2D eigenvalue weighted by atomic mass is 10.1. The van der Waals surface area contributed by atoms with Gasteiger partial charge in [0.2, 0.25) is 0 Å². The Labute approximate surface area is 120 Å². The molecule has 1 aromatic carbocycles. The number of anilines is 1. The lowest BCUT2D eigenvalue weighted by Gasteiger charge is -2.07. The topological polar surface area (TPSA) is 81.0 Å². The van der Waals surface area contributed by atoms with Gasteiger partial charge in [-0.15, -0.1) is 0 Å². The lowest BCUT2D eigenvalue weighted by molar-refractivity contribution is -0.384. The summed E-state index contributed by atoms with van der Waals surface area (Å²) in [7, 11) is 0. The number of fused-ring (bicyclic) bond motifs is 1. The number of rotatable bonds is 4. The number of pyridine rings is 2. The largest absolute Gasteiger partial charge is 0.366 e. The second-order valence-electron chi connectivity index (χ2n) is 4.50. The normalized spacial score (nSPS) is 10.5. The van der Waals surface area contributed by atoms with Crippen LogP contribution in [0.15, 0.2) is 54.9 Å². The van der Waals surface area contributed by atoms with Crippen molar-refractivity contribution in [3.63, 3.8) is 0 Å². The van der Waals surface area contributed by atoms with Gasteiger partial charge in [-0.05, 0) is 11.6 Å². The molecular formula is C15H12N4O2. The van der Waals surface area contributed by atoms with Crippen molar-refractivity contribution < 1.29 is 4.92 Å². The summed E-state index contributed by atoms with van der Waals surface area (Å²) < 4.78 is 0. The van der Waals surface area contributed by atoms with E-state index in [1.807, 2.05) is 30.3 Å². The summed E-state index contributed by atoms with van der Waals surface area (Å²) >= 11 is 0. The molecular weight excluding hydrogens is 268 g/mol. The minimum atomic E-state index is -0.438. The fraction of sp³-hybridized carbons (Fsp3) is 0.0667. The van der Waals surface area contributed by atoms with E-state index >= 15 is 0 Å². The zero-order chi connectivity index (χ0) is 14.7. The minimum Gasteiger partial charge on any atom is -0.366 e. The van der Waals surface area contributed by atoms with Crippen LogP contribution in [-0.2, 0) is 6.54 Å². The molecule has 0 amide bonds. The van der Waals surface area contributed by atoms with Crippen molar-refractivity contribution >= 4 is 22.4 Å². The van der Waals surface area contributed by atoms with Crippen LogP contribution >= 0.6 is 0 Å². The maximum atomic E-state index is 10.7. The second kappa shape index (κ2) is 5.54. The molecule has 3 rings (SSSR count). The molecule has 0 aliphatic heterocycles. The molecule has 0 aliphatic carbocycles. The van der Waals surface area contributed by atoms with E-state index in [2.05, 4.69) is 15.3 Å². The molecule has 0 saturated carbocycles. The number of benzene rings is 1. The Balaban J connectivity index is 1.84. The smallest absolute Gasteiger partial charge is 0.274 e. The Morgan fingerprint density at radius 3 is 2.81 bits per heavy atom. The Morgan fingerprint density at radius 2 is 1.95 bits per heavy atom. The third-order valence-corrected chi connectivity index (χ3v) is 3.13. The zero-order valence-corrected chi connectivity index (χ0v) is 11.1. The molecule has 1 N–H and O–H groups in total. The van der Waals surface area contributed by atoms with Gasteiger partial charge in [-0.25, -0.2) is 4.98 Å². The van der Waals surface area contributed by atoms with Gasteiger partial charge in [0.15, 0.2) is 0 Å². The summed E-state index contributed by atoms with van der Waals surface area (Å²) in [5, 5.41) is 14.9. The summed E-state index contributed by atoms with van der Waals surface area (Å²) in [4.78, 5) is 18.8. The van der Waals surface area contributed by atoms with Gasteiger partial charge in [0.05, 0.1) is 16.5 Å². The lowest BCUT2D eigenvalue weighted by Crippen LogP contribution is -2.03. The van der Waals surface area contributed by atoms with Gasteiger partial charge in [-0.3, -0.25) is 15.1 Å². The van der Waals surface area contributed by atoms with Gasteiger partial charge in [0, 0.05) is 30.4 Å². The van der Waals surface area contributed by atoms with Gasteiger partial charge in [0.25, 0.3) is 5.69 Å². The van der Waals surface area contributed by atoms with E-state index in [1.165, 1.54) is 18.3 Å². The third-order valence-electron chi connectivity index (χ3n) is 3.13. The summed E-state index contributed by atoms with van der Waals surface area (Å²) in [5.41, 5.74) is 1.95. The van der Waals surface area contributed by atoms with Crippen LogP contribution in [0.2, 0.25) is 0 Å². The summed E-state index contributed by atoms with van der Waals surface area (Å²) in [6, 6.07) is 12.6. The van der Waals surface area contributed by atoms with Crippen LogP contribution in [0.4, 0.5) is 11.5 Å². The van der Waals surface area contributed by atoms with Crippen molar-refractivity contribution in [3.8, 4) is 0 Å². The van der Waals surface area contributed by atoms with Crippen molar-refractivity contribution in [1.29, 1.82) is 0 Å². The van der Waals surface area contributed by atoms with E-state index in [9.17, 15) is 10.1 Å². The molecule has 2 aromatic heterocycles. The van der Waals surface area contributed by atoms with E-state index in [0.29, 0.717) is 12.4 Å². The first-order valence-electron chi connectivity index (χ1n) is 6.41. The van der Waals surface area contributed by atoms with Crippen molar-refractivity contribution in [2.24, 2.45) is 0 Å². The highest BCUT2D eigenvalue weighted by Crippen LogP contribution is 2.18. The summed E-state index contributed by atoms with van der Waals surface area (Å²) in [5.74, 6) is 0.470. The fourth-order valence-electron chi connectivity index (χ4n) is 2.13. The molecule has 0 bridgehead atoms. The number of nitro groups is 1. The van der Waals surface area contributed by atoms with Gasteiger partial charge in [-0.1, -0.05) is 24.3 Å². The standard InChI is InChI=1S/C15H12N4O2/c20-19(21)13-6-8-16-14(9-13)18-10-12-4-1-3-11-5-2-7-17-15(11)12/h1-9H,10H2,(H,16,18). The molecule has 6 heteroatoms. The molecule has 0 spiro atoms. The van der Waals surface area contributed by atoms with Crippen LogP contribution in [0.5, 0.6) is 0 Å². The number of hydrogen-bond donors (Lipinski definition) is 1. The molecule has 3 aromatic rings. The van der Waals surface area contributed by atoms with E-state index in [4.69, 9.17) is 0 Å². The first-order chi connectivity index (χ1) is 10.2. The highest BCUT2D eigenvalue weighted by molar-refractivity contribution is 5.81. The van der Waals surface area contributed by atoms with E-state index in [1.54, 1.807) is 6.20 Å². The first-order valence-corrected chi connectivity index (χ1v) is 6.41. The van der Waals surface area contributed by atoms with E-state index in [-0.39, 0.29) is 5.69 Å². The van der Waals surface area contributed by atoms with Gasteiger partial charge in [0.1, 0.15) is 5.82 Å². The number of para-hydroxylation sites is 1. The highest BCUT2D eigenvalue weighted by Gasteiger charge is 2.07. The maximum absolute atomic E-state index is 10.7. The van der Waals surface area contributed by atoms with Crippen LogP contribution in [0.1, 0.15) is 5.56 Å². The Kier molecular flexibility index (Phi) is 3.42. The molecule has 0 fully saturated rings. The molecule has 0 unspecified atom stereocenters. The van der Waals surface area contributed by atoms with Crippen LogP contribution in [0, 0.1) is 10.1 Å². The number of aromatic nitrogens is 2. The Morgan fingerprint density at radius 1 is 1.10 bits per heavy atom. The van der Waals surface area contributed by atoms with E-state index in [0.717, 1.165) is 16.5 Å². The number of hydrogen-bond acceptors (Lipinski definition) is 5. The average molecular weight is 280 g/mol.